The molecule has 0 bridgehead atoms. The van der Waals surface area contributed by atoms with Gasteiger partial charge in [0.15, 0.2) is 5.16 Å². The van der Waals surface area contributed by atoms with Crippen LogP contribution in [0.25, 0.3) is 10.9 Å². The first kappa shape index (κ1) is 17.2. The van der Waals surface area contributed by atoms with Gasteiger partial charge >= 0.3 is 0 Å². The van der Waals surface area contributed by atoms with E-state index in [-0.39, 0.29) is 16.2 Å². The maximum absolute atomic E-state index is 12.7. The molecular weight excluding hydrogens is 338 g/mol. The van der Waals surface area contributed by atoms with E-state index in [9.17, 15) is 14.9 Å². The lowest BCUT2D eigenvalue weighted by molar-refractivity contribution is -0.385. The molecule has 0 saturated heterocycles. The SMILES string of the molecule is CCCn1c(SCc2ccccc2[N+](=O)[O-])nc2ccccc2c1=O. The van der Waals surface area contributed by atoms with Gasteiger partial charge < -0.3 is 0 Å². The van der Waals surface area contributed by atoms with Gasteiger partial charge in [-0.2, -0.15) is 0 Å². The lowest BCUT2D eigenvalue weighted by atomic mass is 10.2. The van der Waals surface area contributed by atoms with Gasteiger partial charge in [-0.15, -0.1) is 0 Å². The molecular formula is C18H17N3O3S. The van der Waals surface area contributed by atoms with Crippen molar-refractivity contribution in [2.75, 3.05) is 0 Å². The molecule has 0 aliphatic carbocycles. The molecule has 0 N–H and O–H groups in total. The third kappa shape index (κ3) is 3.56. The molecule has 7 heteroatoms. The molecule has 25 heavy (non-hydrogen) atoms. The van der Waals surface area contributed by atoms with Gasteiger partial charge in [0.05, 0.1) is 15.8 Å². The number of aromatic nitrogens is 2. The van der Waals surface area contributed by atoms with Gasteiger partial charge in [0.2, 0.25) is 0 Å². The molecule has 6 nitrogen and oxygen atoms in total. The first-order valence-electron chi connectivity index (χ1n) is 7.96. The third-order valence-corrected chi connectivity index (χ3v) is 4.84. The highest BCUT2D eigenvalue weighted by Crippen LogP contribution is 2.27. The van der Waals surface area contributed by atoms with Gasteiger partial charge in [-0.1, -0.05) is 49.0 Å². The Morgan fingerprint density at radius 2 is 1.88 bits per heavy atom. The molecule has 3 rings (SSSR count). The van der Waals surface area contributed by atoms with Crippen LogP contribution in [-0.2, 0) is 12.3 Å². The predicted molar refractivity (Wildman–Crippen MR) is 99.0 cm³/mol. The summed E-state index contributed by atoms with van der Waals surface area (Å²) < 4.78 is 1.65. The summed E-state index contributed by atoms with van der Waals surface area (Å²) in [4.78, 5) is 28.1. The highest BCUT2D eigenvalue weighted by Gasteiger charge is 2.15. The van der Waals surface area contributed by atoms with E-state index in [1.807, 2.05) is 25.1 Å². The Balaban J connectivity index is 2.00. The minimum atomic E-state index is -0.386. The average molecular weight is 355 g/mol. The molecule has 0 saturated carbocycles. The predicted octanol–water partition coefficient (Wildman–Crippen LogP) is 4.01. The summed E-state index contributed by atoms with van der Waals surface area (Å²) in [5.74, 6) is 0.381. The number of hydrogen-bond donors (Lipinski definition) is 0. The zero-order valence-corrected chi connectivity index (χ0v) is 14.5. The van der Waals surface area contributed by atoms with E-state index in [0.29, 0.717) is 33.9 Å². The van der Waals surface area contributed by atoms with Crippen LogP contribution in [0.2, 0.25) is 0 Å². The van der Waals surface area contributed by atoms with E-state index in [4.69, 9.17) is 0 Å². The lowest BCUT2D eigenvalue weighted by Crippen LogP contribution is -2.23. The monoisotopic (exact) mass is 355 g/mol. The third-order valence-electron chi connectivity index (χ3n) is 3.82. The fourth-order valence-electron chi connectivity index (χ4n) is 2.63. The number of benzene rings is 2. The minimum absolute atomic E-state index is 0.0717. The summed E-state index contributed by atoms with van der Waals surface area (Å²) in [7, 11) is 0. The second-order valence-electron chi connectivity index (χ2n) is 5.54. The van der Waals surface area contributed by atoms with Gasteiger partial charge in [-0.25, -0.2) is 4.98 Å². The first-order chi connectivity index (χ1) is 12.1. The Hall–Kier alpha value is -2.67. The van der Waals surface area contributed by atoms with Crippen LogP contribution in [-0.4, -0.2) is 14.5 Å². The fourth-order valence-corrected chi connectivity index (χ4v) is 3.65. The van der Waals surface area contributed by atoms with Gasteiger partial charge in [-0.05, 0) is 18.6 Å². The summed E-state index contributed by atoms with van der Waals surface area (Å²) in [5, 5.41) is 12.3. The van der Waals surface area contributed by atoms with Crippen LogP contribution in [0.15, 0.2) is 58.5 Å². The molecule has 1 heterocycles. The van der Waals surface area contributed by atoms with Gasteiger partial charge in [0.1, 0.15) is 0 Å². The van der Waals surface area contributed by atoms with Crippen LogP contribution in [0, 0.1) is 10.1 Å². The normalized spacial score (nSPS) is 10.9. The van der Waals surface area contributed by atoms with Crippen LogP contribution in [0.3, 0.4) is 0 Å². The number of para-hydroxylation sites is 2. The van der Waals surface area contributed by atoms with Crippen LogP contribution < -0.4 is 5.56 Å². The van der Waals surface area contributed by atoms with Crippen molar-refractivity contribution < 1.29 is 4.92 Å². The molecule has 0 spiro atoms. The molecule has 2 aromatic carbocycles. The zero-order valence-electron chi connectivity index (χ0n) is 13.7. The Kier molecular flexibility index (Phi) is 5.14. The number of thioether (sulfide) groups is 1. The van der Waals surface area contributed by atoms with Gasteiger partial charge in [-0.3, -0.25) is 19.5 Å². The summed E-state index contributed by atoms with van der Waals surface area (Å²) in [6.45, 7) is 2.56. The molecule has 3 aromatic rings. The van der Waals surface area contributed by atoms with Crippen LogP contribution in [0.5, 0.6) is 0 Å². The van der Waals surface area contributed by atoms with E-state index in [1.165, 1.54) is 17.8 Å². The van der Waals surface area contributed by atoms with Crippen molar-refractivity contribution in [2.45, 2.75) is 30.8 Å². The summed E-state index contributed by atoms with van der Waals surface area (Å²) in [6.07, 6.45) is 0.805. The standard InChI is InChI=1S/C18H17N3O3S/c1-2-11-20-17(22)14-8-4-5-9-15(14)19-18(20)25-12-13-7-3-6-10-16(13)21(23)24/h3-10H,2,11-12H2,1H3. The van der Waals surface area contributed by atoms with Crippen molar-refractivity contribution in [2.24, 2.45) is 0 Å². The molecule has 0 atom stereocenters. The highest BCUT2D eigenvalue weighted by atomic mass is 32.2. The van der Waals surface area contributed by atoms with E-state index in [1.54, 1.807) is 28.8 Å². The molecule has 0 aliphatic rings. The Bertz CT molecular complexity index is 985. The van der Waals surface area contributed by atoms with Crippen molar-refractivity contribution in [3.8, 4) is 0 Å². The maximum atomic E-state index is 12.7. The molecule has 0 fully saturated rings. The fraction of sp³-hybridized carbons (Fsp3) is 0.222. The molecule has 0 unspecified atom stereocenters. The number of nitro groups is 1. The molecule has 0 aliphatic heterocycles. The Labute approximate surface area is 148 Å². The van der Waals surface area contributed by atoms with E-state index in [0.717, 1.165) is 6.42 Å². The van der Waals surface area contributed by atoms with Crippen molar-refractivity contribution in [3.63, 3.8) is 0 Å². The zero-order chi connectivity index (χ0) is 17.8. The quantitative estimate of drug-likeness (QED) is 0.289. The molecule has 0 amide bonds. The van der Waals surface area contributed by atoms with Gasteiger partial charge in [0, 0.05) is 23.9 Å². The number of nitro benzene ring substituents is 1. The minimum Gasteiger partial charge on any atom is -0.287 e. The topological polar surface area (TPSA) is 78.0 Å². The first-order valence-corrected chi connectivity index (χ1v) is 8.95. The Morgan fingerprint density at radius 1 is 1.16 bits per heavy atom. The number of fused-ring (bicyclic) bond motifs is 1. The smallest absolute Gasteiger partial charge is 0.273 e. The van der Waals surface area contributed by atoms with E-state index < -0.39 is 0 Å². The van der Waals surface area contributed by atoms with E-state index in [2.05, 4.69) is 4.98 Å². The van der Waals surface area contributed by atoms with Crippen LogP contribution in [0.4, 0.5) is 5.69 Å². The maximum Gasteiger partial charge on any atom is 0.273 e. The van der Waals surface area contributed by atoms with Crippen molar-refractivity contribution in [1.29, 1.82) is 0 Å². The van der Waals surface area contributed by atoms with E-state index >= 15 is 0 Å². The highest BCUT2D eigenvalue weighted by molar-refractivity contribution is 7.98. The second kappa shape index (κ2) is 7.48. The number of nitrogens with zero attached hydrogens (tertiary/aromatic N) is 3. The average Bonchev–Trinajstić information content (AvgIpc) is 2.63. The second-order valence-corrected chi connectivity index (χ2v) is 6.49. The number of rotatable bonds is 6. The number of hydrogen-bond acceptors (Lipinski definition) is 5. The van der Waals surface area contributed by atoms with Crippen molar-refractivity contribution in [3.05, 3.63) is 74.6 Å². The van der Waals surface area contributed by atoms with Crippen LogP contribution in [0.1, 0.15) is 18.9 Å². The molecule has 128 valence electrons. The van der Waals surface area contributed by atoms with Crippen molar-refractivity contribution >= 4 is 28.4 Å². The summed E-state index contributed by atoms with van der Waals surface area (Å²) in [6, 6.07) is 13.9. The Morgan fingerprint density at radius 3 is 2.64 bits per heavy atom. The van der Waals surface area contributed by atoms with Crippen LogP contribution >= 0.6 is 11.8 Å². The van der Waals surface area contributed by atoms with Gasteiger partial charge in [0.25, 0.3) is 11.2 Å². The summed E-state index contributed by atoms with van der Waals surface area (Å²) in [5.41, 5.74) is 1.27. The lowest BCUT2D eigenvalue weighted by Gasteiger charge is -2.12. The van der Waals surface area contributed by atoms with Crippen molar-refractivity contribution in [1.82, 2.24) is 9.55 Å². The summed E-state index contributed by atoms with van der Waals surface area (Å²) >= 11 is 1.35. The molecule has 1 aromatic heterocycles. The largest absolute Gasteiger partial charge is 0.287 e. The molecule has 0 radical (unpaired) electrons.